The van der Waals surface area contributed by atoms with Gasteiger partial charge in [-0.3, -0.25) is 0 Å². The fourth-order valence-corrected chi connectivity index (χ4v) is 1.58. The number of nitrogen functional groups attached to an aromatic ring is 1. The highest BCUT2D eigenvalue weighted by Crippen LogP contribution is 2.28. The van der Waals surface area contributed by atoms with Gasteiger partial charge in [0, 0.05) is 24.2 Å². The van der Waals surface area contributed by atoms with Crippen LogP contribution >= 0.6 is 0 Å². The Morgan fingerprint density at radius 2 is 2.28 bits per heavy atom. The molecular formula is C13H15FN2O2. The Kier molecular flexibility index (Phi) is 3.72. The molecule has 0 aliphatic carbocycles. The van der Waals surface area contributed by atoms with Gasteiger partial charge in [-0.25, -0.2) is 4.39 Å². The molecule has 0 saturated carbocycles. The van der Waals surface area contributed by atoms with E-state index in [-0.39, 0.29) is 5.75 Å². The minimum atomic E-state index is -0.455. The van der Waals surface area contributed by atoms with Gasteiger partial charge in [-0.15, -0.1) is 0 Å². The zero-order valence-electron chi connectivity index (χ0n) is 10.1. The van der Waals surface area contributed by atoms with Crippen molar-refractivity contribution in [3.05, 3.63) is 42.1 Å². The Bertz CT molecular complexity index is 512. The van der Waals surface area contributed by atoms with Crippen LogP contribution < -0.4 is 15.8 Å². The lowest BCUT2D eigenvalue weighted by molar-refractivity contribution is 0.322. The van der Waals surface area contributed by atoms with Crippen molar-refractivity contribution in [1.29, 1.82) is 0 Å². The van der Waals surface area contributed by atoms with Crippen LogP contribution in [-0.4, -0.2) is 6.61 Å². The minimum absolute atomic E-state index is 0.196. The number of halogens is 1. The Morgan fingerprint density at radius 1 is 1.44 bits per heavy atom. The summed E-state index contributed by atoms with van der Waals surface area (Å²) in [5.41, 5.74) is 7.71. The van der Waals surface area contributed by atoms with Gasteiger partial charge in [-0.1, -0.05) is 0 Å². The van der Waals surface area contributed by atoms with Crippen molar-refractivity contribution in [2.24, 2.45) is 0 Å². The highest BCUT2D eigenvalue weighted by Gasteiger charge is 2.08. The van der Waals surface area contributed by atoms with Crippen molar-refractivity contribution in [3.8, 4) is 5.75 Å². The van der Waals surface area contributed by atoms with Gasteiger partial charge in [-0.2, -0.15) is 0 Å². The summed E-state index contributed by atoms with van der Waals surface area (Å²) in [6.45, 7) is 2.76. The van der Waals surface area contributed by atoms with E-state index in [9.17, 15) is 4.39 Å². The number of rotatable bonds is 5. The first-order chi connectivity index (χ1) is 8.70. The summed E-state index contributed by atoms with van der Waals surface area (Å²) >= 11 is 0. The molecular weight excluding hydrogens is 235 g/mol. The van der Waals surface area contributed by atoms with Crippen LogP contribution in [0.2, 0.25) is 0 Å². The molecule has 96 valence electrons. The summed E-state index contributed by atoms with van der Waals surface area (Å²) in [5.74, 6) is -0.260. The molecule has 2 rings (SSSR count). The van der Waals surface area contributed by atoms with Gasteiger partial charge in [0.1, 0.15) is 0 Å². The number of ether oxygens (including phenoxy) is 1. The van der Waals surface area contributed by atoms with Crippen LogP contribution in [0.4, 0.5) is 15.8 Å². The molecule has 18 heavy (non-hydrogen) atoms. The maximum absolute atomic E-state index is 13.5. The van der Waals surface area contributed by atoms with E-state index in [1.807, 2.05) is 6.07 Å². The molecule has 0 spiro atoms. The quantitative estimate of drug-likeness (QED) is 0.801. The van der Waals surface area contributed by atoms with Crippen LogP contribution in [0.15, 0.2) is 35.1 Å². The lowest BCUT2D eigenvalue weighted by Crippen LogP contribution is -2.04. The Balaban J connectivity index is 2.13. The summed E-state index contributed by atoms with van der Waals surface area (Å²) < 4.78 is 23.6. The smallest absolute Gasteiger partial charge is 0.167 e. The van der Waals surface area contributed by atoms with Crippen LogP contribution in [0.1, 0.15) is 12.5 Å². The lowest BCUT2D eigenvalue weighted by atomic mass is 10.2. The second kappa shape index (κ2) is 5.44. The third-order valence-electron chi connectivity index (χ3n) is 2.47. The summed E-state index contributed by atoms with van der Waals surface area (Å²) in [5, 5.41) is 3.11. The average Bonchev–Trinajstić information content (AvgIpc) is 2.84. The Morgan fingerprint density at radius 3 is 2.94 bits per heavy atom. The molecule has 1 aromatic carbocycles. The van der Waals surface area contributed by atoms with Crippen molar-refractivity contribution in [2.45, 2.75) is 13.5 Å². The third-order valence-corrected chi connectivity index (χ3v) is 2.47. The normalized spacial score (nSPS) is 10.3. The summed E-state index contributed by atoms with van der Waals surface area (Å²) in [4.78, 5) is 0. The van der Waals surface area contributed by atoms with Crippen molar-refractivity contribution in [1.82, 2.24) is 0 Å². The van der Waals surface area contributed by atoms with E-state index in [2.05, 4.69) is 5.32 Å². The fraction of sp³-hybridized carbons (Fsp3) is 0.231. The standard InChI is InChI=1S/C13H15FN2O2/c1-2-18-13-6-12(11(15)5-10(13)14)16-7-9-3-4-17-8-9/h3-6,8,16H,2,7,15H2,1H3. The molecule has 0 aliphatic rings. The number of anilines is 2. The van der Waals surface area contributed by atoms with Crippen molar-refractivity contribution >= 4 is 11.4 Å². The van der Waals surface area contributed by atoms with E-state index in [4.69, 9.17) is 14.9 Å². The van der Waals surface area contributed by atoms with E-state index in [1.54, 1.807) is 25.5 Å². The predicted molar refractivity (Wildman–Crippen MR) is 68.0 cm³/mol. The van der Waals surface area contributed by atoms with Crippen molar-refractivity contribution in [3.63, 3.8) is 0 Å². The second-order valence-electron chi connectivity index (χ2n) is 3.79. The third kappa shape index (κ3) is 2.74. The molecule has 0 unspecified atom stereocenters. The first-order valence-electron chi connectivity index (χ1n) is 5.67. The van der Waals surface area contributed by atoms with Gasteiger partial charge in [-0.05, 0) is 13.0 Å². The zero-order chi connectivity index (χ0) is 13.0. The van der Waals surface area contributed by atoms with Crippen LogP contribution in [0.3, 0.4) is 0 Å². The molecule has 0 saturated heterocycles. The summed E-state index contributed by atoms with van der Waals surface area (Å²) in [6.07, 6.45) is 3.23. The first kappa shape index (κ1) is 12.3. The molecule has 4 nitrogen and oxygen atoms in total. The molecule has 5 heteroatoms. The van der Waals surface area contributed by atoms with E-state index in [0.29, 0.717) is 24.5 Å². The van der Waals surface area contributed by atoms with Gasteiger partial charge >= 0.3 is 0 Å². The zero-order valence-corrected chi connectivity index (χ0v) is 10.1. The van der Waals surface area contributed by atoms with E-state index in [1.165, 1.54) is 6.07 Å². The number of benzene rings is 1. The molecule has 0 amide bonds. The van der Waals surface area contributed by atoms with Crippen LogP contribution in [0.5, 0.6) is 5.75 Å². The Hall–Kier alpha value is -2.17. The number of furan rings is 1. The average molecular weight is 250 g/mol. The molecule has 3 N–H and O–H groups in total. The highest BCUT2D eigenvalue weighted by molar-refractivity contribution is 5.68. The maximum Gasteiger partial charge on any atom is 0.167 e. The minimum Gasteiger partial charge on any atom is -0.491 e. The second-order valence-corrected chi connectivity index (χ2v) is 3.79. The first-order valence-corrected chi connectivity index (χ1v) is 5.67. The molecule has 0 atom stereocenters. The van der Waals surface area contributed by atoms with E-state index >= 15 is 0 Å². The predicted octanol–water partition coefficient (Wildman–Crippen LogP) is 3.01. The van der Waals surface area contributed by atoms with E-state index in [0.717, 1.165) is 5.56 Å². The number of nitrogens with two attached hydrogens (primary N) is 1. The number of hydrogen-bond donors (Lipinski definition) is 2. The molecule has 0 radical (unpaired) electrons. The monoisotopic (exact) mass is 250 g/mol. The molecule has 0 bridgehead atoms. The van der Waals surface area contributed by atoms with E-state index < -0.39 is 5.82 Å². The van der Waals surface area contributed by atoms with Crippen LogP contribution in [0.25, 0.3) is 0 Å². The summed E-state index contributed by atoms with van der Waals surface area (Å²) in [7, 11) is 0. The fourth-order valence-electron chi connectivity index (χ4n) is 1.58. The van der Waals surface area contributed by atoms with Crippen LogP contribution in [-0.2, 0) is 6.54 Å². The van der Waals surface area contributed by atoms with Gasteiger partial charge in [0.15, 0.2) is 11.6 Å². The molecule has 0 fully saturated rings. The summed E-state index contributed by atoms with van der Waals surface area (Å²) in [6, 6.07) is 4.66. The van der Waals surface area contributed by atoms with Crippen LogP contribution in [0, 0.1) is 5.82 Å². The van der Waals surface area contributed by atoms with Crippen molar-refractivity contribution in [2.75, 3.05) is 17.7 Å². The van der Waals surface area contributed by atoms with Crippen molar-refractivity contribution < 1.29 is 13.5 Å². The van der Waals surface area contributed by atoms with Gasteiger partial charge in [0.2, 0.25) is 0 Å². The molecule has 1 heterocycles. The van der Waals surface area contributed by atoms with Gasteiger partial charge < -0.3 is 20.2 Å². The topological polar surface area (TPSA) is 60.4 Å². The number of hydrogen-bond acceptors (Lipinski definition) is 4. The Labute approximate surface area is 105 Å². The maximum atomic E-state index is 13.5. The number of nitrogens with one attached hydrogen (secondary N) is 1. The molecule has 2 aromatic rings. The molecule has 0 aliphatic heterocycles. The van der Waals surface area contributed by atoms with Gasteiger partial charge in [0.25, 0.3) is 0 Å². The highest BCUT2D eigenvalue weighted by atomic mass is 19.1. The lowest BCUT2D eigenvalue weighted by Gasteiger charge is -2.12. The molecule has 1 aromatic heterocycles. The van der Waals surface area contributed by atoms with Gasteiger partial charge in [0.05, 0.1) is 30.5 Å². The largest absolute Gasteiger partial charge is 0.491 e. The SMILES string of the molecule is CCOc1cc(NCc2ccoc2)c(N)cc1F.